The molecule has 0 atom stereocenters. The molecule has 3 rings (SSSR count). The highest BCUT2D eigenvalue weighted by molar-refractivity contribution is 5.70. The molecule has 5 nitrogen and oxygen atoms in total. The van der Waals surface area contributed by atoms with Crippen LogP contribution in [-0.4, -0.2) is 21.7 Å². The summed E-state index contributed by atoms with van der Waals surface area (Å²) in [7, 11) is 1.65. The van der Waals surface area contributed by atoms with Crippen LogP contribution in [0.25, 0.3) is 16.8 Å². The number of ether oxygens (including phenoxy) is 1. The molecular weight excluding hydrogens is 228 g/mol. The molecule has 0 saturated carbocycles. The van der Waals surface area contributed by atoms with E-state index in [0.29, 0.717) is 5.82 Å². The average Bonchev–Trinajstić information content (AvgIpc) is 2.86. The van der Waals surface area contributed by atoms with Gasteiger partial charge in [0.1, 0.15) is 17.1 Å². The van der Waals surface area contributed by atoms with E-state index >= 15 is 0 Å². The molecule has 0 aliphatic heterocycles. The van der Waals surface area contributed by atoms with Crippen LogP contribution in [-0.2, 0) is 0 Å². The van der Waals surface area contributed by atoms with Crippen molar-refractivity contribution < 1.29 is 4.74 Å². The number of fused-ring (bicyclic) bond motifs is 1. The molecule has 0 aliphatic carbocycles. The number of nitrogen functional groups attached to an aromatic ring is 1. The fourth-order valence-corrected chi connectivity index (χ4v) is 1.99. The molecular formula is C13H12N4O. The van der Waals surface area contributed by atoms with E-state index in [4.69, 9.17) is 10.5 Å². The van der Waals surface area contributed by atoms with Gasteiger partial charge in [-0.1, -0.05) is 0 Å². The van der Waals surface area contributed by atoms with E-state index in [1.165, 1.54) is 0 Å². The van der Waals surface area contributed by atoms with Gasteiger partial charge in [0.15, 0.2) is 0 Å². The minimum absolute atomic E-state index is 0.489. The Morgan fingerprint density at radius 1 is 1.17 bits per heavy atom. The van der Waals surface area contributed by atoms with Gasteiger partial charge >= 0.3 is 0 Å². The fraction of sp³-hybridized carbons (Fsp3) is 0.0769. The van der Waals surface area contributed by atoms with E-state index in [9.17, 15) is 0 Å². The average molecular weight is 240 g/mol. The highest BCUT2D eigenvalue weighted by Crippen LogP contribution is 2.27. The molecule has 3 aromatic heterocycles. The van der Waals surface area contributed by atoms with Gasteiger partial charge < -0.3 is 10.5 Å². The van der Waals surface area contributed by atoms with E-state index in [-0.39, 0.29) is 0 Å². The van der Waals surface area contributed by atoms with E-state index in [0.717, 1.165) is 22.5 Å². The molecule has 3 heterocycles. The first-order valence-corrected chi connectivity index (χ1v) is 5.52. The van der Waals surface area contributed by atoms with Gasteiger partial charge in [-0.25, -0.2) is 9.50 Å². The van der Waals surface area contributed by atoms with Gasteiger partial charge in [0.2, 0.25) is 0 Å². The third-order valence-corrected chi connectivity index (χ3v) is 2.81. The van der Waals surface area contributed by atoms with Crippen LogP contribution < -0.4 is 10.5 Å². The Morgan fingerprint density at radius 2 is 2.06 bits per heavy atom. The lowest BCUT2D eigenvalue weighted by Gasteiger charge is -2.08. The van der Waals surface area contributed by atoms with Gasteiger partial charge in [-0.05, 0) is 30.3 Å². The number of nitrogens with two attached hydrogens (primary N) is 1. The molecule has 0 fully saturated rings. The number of anilines is 1. The molecule has 2 N–H and O–H groups in total. The Bertz CT molecular complexity index is 705. The van der Waals surface area contributed by atoms with Crippen molar-refractivity contribution in [1.82, 2.24) is 14.6 Å². The number of hydrogen-bond donors (Lipinski definition) is 1. The number of rotatable bonds is 2. The standard InChI is InChI=1S/C13H12N4O/c1-18-12-3-2-10(17-11(12)5-7-16-17)9-4-6-15-13(14)8-9/h2-8H,1H3,(H2,14,15). The molecule has 0 aromatic carbocycles. The van der Waals surface area contributed by atoms with Crippen molar-refractivity contribution in [3.8, 4) is 17.0 Å². The lowest BCUT2D eigenvalue weighted by atomic mass is 10.1. The zero-order valence-corrected chi connectivity index (χ0v) is 9.87. The quantitative estimate of drug-likeness (QED) is 0.744. The molecule has 90 valence electrons. The van der Waals surface area contributed by atoms with Gasteiger partial charge in [-0.2, -0.15) is 5.10 Å². The number of methoxy groups -OCH3 is 1. The molecule has 0 radical (unpaired) electrons. The largest absolute Gasteiger partial charge is 0.494 e. The first-order chi connectivity index (χ1) is 8.79. The zero-order valence-electron chi connectivity index (χ0n) is 9.87. The monoisotopic (exact) mass is 240 g/mol. The van der Waals surface area contributed by atoms with Crippen LogP contribution in [0.1, 0.15) is 0 Å². The summed E-state index contributed by atoms with van der Waals surface area (Å²) in [5.41, 5.74) is 8.55. The predicted octanol–water partition coefficient (Wildman–Crippen LogP) is 1.99. The van der Waals surface area contributed by atoms with Crippen molar-refractivity contribution in [2.45, 2.75) is 0 Å². The number of pyridine rings is 2. The molecule has 0 unspecified atom stereocenters. The number of hydrogen-bond acceptors (Lipinski definition) is 4. The predicted molar refractivity (Wildman–Crippen MR) is 69.4 cm³/mol. The molecule has 0 bridgehead atoms. The second-order valence-electron chi connectivity index (χ2n) is 3.88. The first kappa shape index (κ1) is 10.6. The summed E-state index contributed by atoms with van der Waals surface area (Å²) in [6.07, 6.45) is 3.43. The van der Waals surface area contributed by atoms with Crippen LogP contribution >= 0.6 is 0 Å². The van der Waals surface area contributed by atoms with Crippen molar-refractivity contribution in [1.29, 1.82) is 0 Å². The van der Waals surface area contributed by atoms with Gasteiger partial charge in [-0.3, -0.25) is 0 Å². The van der Waals surface area contributed by atoms with Crippen LogP contribution in [0, 0.1) is 0 Å². The minimum Gasteiger partial charge on any atom is -0.494 e. The molecule has 0 spiro atoms. The van der Waals surface area contributed by atoms with Gasteiger partial charge in [-0.15, -0.1) is 0 Å². The Labute approximate surface area is 104 Å². The summed E-state index contributed by atoms with van der Waals surface area (Å²) >= 11 is 0. The van der Waals surface area contributed by atoms with Crippen LogP contribution in [0.2, 0.25) is 0 Å². The maximum absolute atomic E-state index is 5.71. The lowest BCUT2D eigenvalue weighted by molar-refractivity contribution is 0.417. The second-order valence-corrected chi connectivity index (χ2v) is 3.88. The third-order valence-electron chi connectivity index (χ3n) is 2.81. The van der Waals surface area contributed by atoms with Crippen LogP contribution in [0.5, 0.6) is 5.75 Å². The van der Waals surface area contributed by atoms with Gasteiger partial charge in [0.05, 0.1) is 19.0 Å². The van der Waals surface area contributed by atoms with Crippen LogP contribution in [0.15, 0.2) is 42.7 Å². The highest BCUT2D eigenvalue weighted by Gasteiger charge is 2.08. The SMILES string of the molecule is COc1ccc(-c2ccnc(N)c2)n2nccc12. The Hall–Kier alpha value is -2.56. The van der Waals surface area contributed by atoms with Crippen molar-refractivity contribution in [3.63, 3.8) is 0 Å². The second kappa shape index (κ2) is 4.03. The van der Waals surface area contributed by atoms with E-state index in [1.54, 1.807) is 19.5 Å². The maximum atomic E-state index is 5.71. The fourth-order valence-electron chi connectivity index (χ4n) is 1.99. The number of nitrogens with zero attached hydrogens (tertiary/aromatic N) is 3. The Balaban J connectivity index is 2.27. The van der Waals surface area contributed by atoms with Crippen molar-refractivity contribution in [2.24, 2.45) is 0 Å². The molecule has 0 amide bonds. The van der Waals surface area contributed by atoms with Crippen molar-refractivity contribution >= 4 is 11.3 Å². The summed E-state index contributed by atoms with van der Waals surface area (Å²) in [4.78, 5) is 3.99. The molecule has 18 heavy (non-hydrogen) atoms. The van der Waals surface area contributed by atoms with E-state index < -0.39 is 0 Å². The van der Waals surface area contributed by atoms with Gasteiger partial charge in [0.25, 0.3) is 0 Å². The lowest BCUT2D eigenvalue weighted by Crippen LogP contribution is -1.97. The molecule has 5 heteroatoms. The molecule has 0 saturated heterocycles. The Kier molecular flexibility index (Phi) is 2.37. The summed E-state index contributed by atoms with van der Waals surface area (Å²) in [5.74, 6) is 1.28. The summed E-state index contributed by atoms with van der Waals surface area (Å²) in [5, 5.41) is 4.31. The van der Waals surface area contributed by atoms with Crippen molar-refractivity contribution in [2.75, 3.05) is 12.8 Å². The Morgan fingerprint density at radius 3 is 2.83 bits per heavy atom. The van der Waals surface area contributed by atoms with E-state index in [1.807, 2.05) is 34.8 Å². The normalized spacial score (nSPS) is 10.7. The van der Waals surface area contributed by atoms with Crippen LogP contribution in [0.4, 0.5) is 5.82 Å². The highest BCUT2D eigenvalue weighted by atomic mass is 16.5. The van der Waals surface area contributed by atoms with E-state index in [2.05, 4.69) is 10.1 Å². The molecule has 3 aromatic rings. The maximum Gasteiger partial charge on any atom is 0.144 e. The smallest absolute Gasteiger partial charge is 0.144 e. The molecule has 0 aliphatic rings. The topological polar surface area (TPSA) is 65.4 Å². The third kappa shape index (κ3) is 1.57. The van der Waals surface area contributed by atoms with Crippen LogP contribution in [0.3, 0.4) is 0 Å². The summed E-state index contributed by atoms with van der Waals surface area (Å²) in [6, 6.07) is 9.51. The van der Waals surface area contributed by atoms with Gasteiger partial charge in [0, 0.05) is 11.8 Å². The summed E-state index contributed by atoms with van der Waals surface area (Å²) < 4.78 is 7.13. The summed E-state index contributed by atoms with van der Waals surface area (Å²) in [6.45, 7) is 0. The first-order valence-electron chi connectivity index (χ1n) is 5.52. The zero-order chi connectivity index (χ0) is 12.5. The number of aromatic nitrogens is 3. The van der Waals surface area contributed by atoms with Crippen molar-refractivity contribution in [3.05, 3.63) is 42.7 Å². The minimum atomic E-state index is 0.489.